The van der Waals surface area contributed by atoms with Crippen LogP contribution in [0.4, 0.5) is 11.4 Å². The molecule has 0 spiro atoms. The maximum atomic E-state index is 12.4. The van der Waals surface area contributed by atoms with Crippen LogP contribution in [0.2, 0.25) is 0 Å². The Hall–Kier alpha value is -4.77. The van der Waals surface area contributed by atoms with E-state index in [2.05, 4.69) is 6.07 Å². The third kappa shape index (κ3) is 9.07. The van der Waals surface area contributed by atoms with Gasteiger partial charge in [0.15, 0.2) is 0 Å². The standard InChI is InChI=1S/C29H29N3O5/c30-17-2-1-3-18-35-25-13-8-23(9-14-25)29(34)37-26-11-4-21(5-12-26)6-15-28(33)36-19-16-22-7-10-24(31)20-27(22)32/h4-15,20H,1-3,16,18-19,31-32H2. The highest BCUT2D eigenvalue weighted by atomic mass is 16.5. The molecule has 8 nitrogen and oxygen atoms in total. The Morgan fingerprint density at radius 1 is 0.892 bits per heavy atom. The second-order valence-electron chi connectivity index (χ2n) is 8.16. The quantitative estimate of drug-likeness (QED) is 0.117. The number of nitrogen functional groups attached to an aromatic ring is 2. The summed E-state index contributed by atoms with van der Waals surface area (Å²) in [5, 5.41) is 8.54. The van der Waals surface area contributed by atoms with E-state index in [1.807, 2.05) is 6.07 Å². The van der Waals surface area contributed by atoms with E-state index in [1.165, 1.54) is 6.08 Å². The number of rotatable bonds is 12. The van der Waals surface area contributed by atoms with Crippen molar-refractivity contribution in [1.82, 2.24) is 0 Å². The van der Waals surface area contributed by atoms with Crippen molar-refractivity contribution < 1.29 is 23.8 Å². The normalized spacial score (nSPS) is 10.6. The second kappa shape index (κ2) is 14.0. The number of carbonyl (C=O) groups excluding carboxylic acids is 2. The maximum Gasteiger partial charge on any atom is 0.343 e. The van der Waals surface area contributed by atoms with Gasteiger partial charge in [-0.05, 0) is 78.6 Å². The highest BCUT2D eigenvalue weighted by molar-refractivity contribution is 5.91. The molecule has 37 heavy (non-hydrogen) atoms. The Morgan fingerprint density at radius 3 is 2.32 bits per heavy atom. The van der Waals surface area contributed by atoms with E-state index in [0.717, 1.165) is 24.0 Å². The zero-order valence-corrected chi connectivity index (χ0v) is 20.4. The van der Waals surface area contributed by atoms with Crippen LogP contribution in [0.3, 0.4) is 0 Å². The van der Waals surface area contributed by atoms with Crippen LogP contribution in [0.15, 0.2) is 72.8 Å². The molecule has 8 heteroatoms. The molecule has 0 aliphatic carbocycles. The Bertz CT molecular complexity index is 1260. The molecule has 0 aliphatic rings. The lowest BCUT2D eigenvalue weighted by Gasteiger charge is -2.07. The van der Waals surface area contributed by atoms with Crippen LogP contribution < -0.4 is 20.9 Å². The van der Waals surface area contributed by atoms with Crippen molar-refractivity contribution in [3.8, 4) is 17.6 Å². The number of nitrogens with two attached hydrogens (primary N) is 2. The Morgan fingerprint density at radius 2 is 1.62 bits per heavy atom. The molecule has 0 aromatic heterocycles. The van der Waals surface area contributed by atoms with Crippen molar-refractivity contribution in [2.75, 3.05) is 24.7 Å². The van der Waals surface area contributed by atoms with Gasteiger partial charge in [0.25, 0.3) is 0 Å². The molecule has 3 aromatic carbocycles. The van der Waals surface area contributed by atoms with Crippen LogP contribution >= 0.6 is 0 Å². The molecule has 0 saturated heterocycles. The summed E-state index contributed by atoms with van der Waals surface area (Å²) in [6.07, 6.45) is 5.54. The van der Waals surface area contributed by atoms with Gasteiger partial charge in [0.1, 0.15) is 11.5 Å². The number of hydrogen-bond donors (Lipinski definition) is 2. The topological polar surface area (TPSA) is 138 Å². The summed E-state index contributed by atoms with van der Waals surface area (Å²) in [4.78, 5) is 24.4. The van der Waals surface area contributed by atoms with E-state index in [4.69, 9.17) is 30.9 Å². The van der Waals surface area contributed by atoms with Crippen LogP contribution in [0.25, 0.3) is 6.08 Å². The van der Waals surface area contributed by atoms with Gasteiger partial charge in [0.2, 0.25) is 0 Å². The summed E-state index contributed by atoms with van der Waals surface area (Å²) in [6, 6.07) is 20.8. The number of carbonyl (C=O) groups is 2. The van der Waals surface area contributed by atoms with Crippen molar-refractivity contribution in [3.63, 3.8) is 0 Å². The van der Waals surface area contributed by atoms with Gasteiger partial charge in [0, 0.05) is 30.3 Å². The summed E-state index contributed by atoms with van der Waals surface area (Å²) in [6.45, 7) is 0.713. The van der Waals surface area contributed by atoms with Crippen molar-refractivity contribution in [2.45, 2.75) is 25.7 Å². The minimum Gasteiger partial charge on any atom is -0.494 e. The summed E-state index contributed by atoms with van der Waals surface area (Å²) in [7, 11) is 0. The maximum absolute atomic E-state index is 12.4. The van der Waals surface area contributed by atoms with Crippen LogP contribution in [-0.4, -0.2) is 25.2 Å². The number of benzene rings is 3. The number of anilines is 2. The molecule has 190 valence electrons. The van der Waals surface area contributed by atoms with E-state index < -0.39 is 11.9 Å². The third-order valence-corrected chi connectivity index (χ3v) is 5.33. The smallest absolute Gasteiger partial charge is 0.343 e. The molecule has 3 rings (SSSR count). The molecule has 0 bridgehead atoms. The first kappa shape index (κ1) is 26.8. The molecule has 0 heterocycles. The highest BCUT2D eigenvalue weighted by Gasteiger charge is 2.09. The van der Waals surface area contributed by atoms with Gasteiger partial charge >= 0.3 is 11.9 Å². The van der Waals surface area contributed by atoms with Crippen molar-refractivity contribution in [2.24, 2.45) is 0 Å². The van der Waals surface area contributed by atoms with E-state index in [1.54, 1.807) is 66.7 Å². The number of unbranched alkanes of at least 4 members (excludes halogenated alkanes) is 2. The Labute approximate surface area is 216 Å². The van der Waals surface area contributed by atoms with Crippen molar-refractivity contribution >= 4 is 29.4 Å². The number of hydrogen-bond acceptors (Lipinski definition) is 8. The molecule has 3 aromatic rings. The third-order valence-electron chi connectivity index (χ3n) is 5.33. The first-order valence-electron chi connectivity index (χ1n) is 11.9. The fourth-order valence-electron chi connectivity index (χ4n) is 3.31. The SMILES string of the molecule is N#CCCCCOc1ccc(C(=O)Oc2ccc(C=CC(=O)OCCc3ccc(N)cc3N)cc2)cc1. The van der Waals surface area contributed by atoms with Gasteiger partial charge in [-0.2, -0.15) is 5.26 Å². The summed E-state index contributed by atoms with van der Waals surface area (Å²) >= 11 is 0. The number of nitriles is 1. The average Bonchev–Trinajstić information content (AvgIpc) is 2.90. The summed E-state index contributed by atoms with van der Waals surface area (Å²) < 4.78 is 16.2. The molecular weight excluding hydrogens is 470 g/mol. The molecular formula is C29H29N3O5. The van der Waals surface area contributed by atoms with Crippen LogP contribution in [0.5, 0.6) is 11.5 Å². The summed E-state index contributed by atoms with van der Waals surface area (Å²) in [5.41, 5.74) is 14.7. The predicted octanol–water partition coefficient (Wildman–Crippen LogP) is 4.94. The molecule has 0 aliphatic heterocycles. The van der Waals surface area contributed by atoms with E-state index >= 15 is 0 Å². The van der Waals surface area contributed by atoms with Crippen LogP contribution in [-0.2, 0) is 16.0 Å². The van der Waals surface area contributed by atoms with E-state index in [9.17, 15) is 9.59 Å². The first-order valence-corrected chi connectivity index (χ1v) is 11.9. The van der Waals surface area contributed by atoms with E-state index in [-0.39, 0.29) is 6.61 Å². The minimum absolute atomic E-state index is 0.196. The lowest BCUT2D eigenvalue weighted by atomic mass is 10.1. The molecule has 0 unspecified atom stereocenters. The van der Waals surface area contributed by atoms with Crippen LogP contribution in [0.1, 0.15) is 40.7 Å². The molecule has 4 N–H and O–H groups in total. The first-order chi connectivity index (χ1) is 17.9. The van der Waals surface area contributed by atoms with Gasteiger partial charge in [0.05, 0.1) is 24.8 Å². The Kier molecular flexibility index (Phi) is 10.1. The van der Waals surface area contributed by atoms with Crippen molar-refractivity contribution in [3.05, 3.63) is 89.5 Å². The lowest BCUT2D eigenvalue weighted by Crippen LogP contribution is -2.08. The second-order valence-corrected chi connectivity index (χ2v) is 8.16. The fraction of sp³-hybridized carbons (Fsp3) is 0.207. The van der Waals surface area contributed by atoms with Gasteiger partial charge < -0.3 is 25.7 Å². The largest absolute Gasteiger partial charge is 0.494 e. The highest BCUT2D eigenvalue weighted by Crippen LogP contribution is 2.18. The van der Waals surface area contributed by atoms with Gasteiger partial charge in [-0.25, -0.2) is 9.59 Å². The molecule has 0 saturated carbocycles. The molecule has 0 radical (unpaired) electrons. The number of nitrogens with zero attached hydrogens (tertiary/aromatic N) is 1. The summed E-state index contributed by atoms with van der Waals surface area (Å²) in [5.74, 6) is 0.0643. The molecule has 0 amide bonds. The fourth-order valence-corrected chi connectivity index (χ4v) is 3.31. The minimum atomic E-state index is -0.492. The monoisotopic (exact) mass is 499 g/mol. The number of ether oxygens (including phenoxy) is 3. The average molecular weight is 500 g/mol. The Balaban J connectivity index is 1.42. The van der Waals surface area contributed by atoms with Crippen molar-refractivity contribution in [1.29, 1.82) is 5.26 Å². The zero-order chi connectivity index (χ0) is 26.5. The van der Waals surface area contributed by atoms with Gasteiger partial charge in [-0.15, -0.1) is 0 Å². The van der Waals surface area contributed by atoms with Crippen LogP contribution in [0, 0.1) is 11.3 Å². The van der Waals surface area contributed by atoms with E-state index in [0.29, 0.717) is 47.9 Å². The lowest BCUT2D eigenvalue weighted by molar-refractivity contribution is -0.137. The molecule has 0 atom stereocenters. The molecule has 0 fully saturated rings. The predicted molar refractivity (Wildman–Crippen MR) is 142 cm³/mol. The van der Waals surface area contributed by atoms with Gasteiger partial charge in [-0.3, -0.25) is 0 Å². The number of esters is 2. The zero-order valence-electron chi connectivity index (χ0n) is 20.4. The van der Waals surface area contributed by atoms with Gasteiger partial charge in [-0.1, -0.05) is 18.2 Å².